The molecular weight excluding hydrogens is 418 g/mol. The first-order chi connectivity index (χ1) is 14.6. The quantitative estimate of drug-likeness (QED) is 0.305. The summed E-state index contributed by atoms with van der Waals surface area (Å²) in [6.45, 7) is 1.99. The van der Waals surface area contributed by atoms with Gasteiger partial charge in [-0.1, -0.05) is 36.0 Å². The van der Waals surface area contributed by atoms with Crippen LogP contribution in [0.15, 0.2) is 53.6 Å². The number of carbonyl (C=O) groups excluding carboxylic acids is 1. The molecule has 0 atom stereocenters. The van der Waals surface area contributed by atoms with Crippen molar-refractivity contribution >= 4 is 39.3 Å². The van der Waals surface area contributed by atoms with Crippen LogP contribution in [0.4, 0.5) is 0 Å². The molecule has 2 aromatic heterocycles. The molecule has 2 aromatic carbocycles. The second-order valence-corrected chi connectivity index (χ2v) is 8.64. The van der Waals surface area contributed by atoms with Crippen LogP contribution >= 0.6 is 23.1 Å². The van der Waals surface area contributed by atoms with E-state index in [0.717, 1.165) is 42.8 Å². The maximum atomic E-state index is 11.6. The lowest BCUT2D eigenvalue weighted by Gasteiger charge is -2.07. The van der Waals surface area contributed by atoms with Crippen molar-refractivity contribution in [1.29, 1.82) is 0 Å². The van der Waals surface area contributed by atoms with Gasteiger partial charge in [0.1, 0.15) is 22.0 Å². The summed E-state index contributed by atoms with van der Waals surface area (Å²) in [4.78, 5) is 16.3. The molecule has 0 spiro atoms. The van der Waals surface area contributed by atoms with Crippen molar-refractivity contribution in [3.05, 3.63) is 64.7 Å². The number of aryl methyl sites for hydroxylation is 1. The highest BCUT2D eigenvalue weighted by Crippen LogP contribution is 2.36. The molecule has 0 aliphatic heterocycles. The highest BCUT2D eigenvalue weighted by atomic mass is 32.2. The Balaban J connectivity index is 1.62. The first-order valence-corrected chi connectivity index (χ1v) is 11.0. The van der Waals surface area contributed by atoms with E-state index in [4.69, 9.17) is 14.5 Å². The van der Waals surface area contributed by atoms with Gasteiger partial charge in [0.2, 0.25) is 0 Å². The third-order valence-electron chi connectivity index (χ3n) is 4.49. The smallest absolute Gasteiger partial charge is 0.337 e. The molecule has 0 amide bonds. The number of thiazole rings is 1. The molecule has 6 nitrogen and oxygen atoms in total. The summed E-state index contributed by atoms with van der Waals surface area (Å²) < 4.78 is 11.1. The summed E-state index contributed by atoms with van der Waals surface area (Å²) in [7, 11) is 3.02. The molecule has 0 saturated heterocycles. The van der Waals surface area contributed by atoms with Gasteiger partial charge in [0, 0.05) is 11.3 Å². The van der Waals surface area contributed by atoms with Crippen molar-refractivity contribution in [3.8, 4) is 17.0 Å². The Bertz CT molecular complexity index is 1210. The second kappa shape index (κ2) is 8.81. The van der Waals surface area contributed by atoms with Crippen LogP contribution in [0.2, 0.25) is 0 Å². The van der Waals surface area contributed by atoms with Crippen molar-refractivity contribution < 1.29 is 14.3 Å². The zero-order chi connectivity index (χ0) is 21.1. The number of thioether (sulfide) groups is 1. The Morgan fingerprint density at radius 2 is 1.90 bits per heavy atom. The molecule has 0 aliphatic carbocycles. The first kappa shape index (κ1) is 20.3. The normalized spacial score (nSPS) is 10.9. The number of aromatic nitrogens is 3. The topological polar surface area (TPSA) is 74.2 Å². The van der Waals surface area contributed by atoms with Gasteiger partial charge >= 0.3 is 5.97 Å². The van der Waals surface area contributed by atoms with Gasteiger partial charge in [-0.05, 0) is 36.8 Å². The monoisotopic (exact) mass is 437 g/mol. The number of benzene rings is 2. The second-order valence-electron chi connectivity index (χ2n) is 6.47. The number of hydrogen-bond donors (Lipinski definition) is 0. The minimum Gasteiger partial charge on any atom is -0.497 e. The highest BCUT2D eigenvalue weighted by Gasteiger charge is 2.16. The molecule has 0 fully saturated rings. The molecule has 30 heavy (non-hydrogen) atoms. The maximum absolute atomic E-state index is 11.6. The molecule has 4 aromatic rings. The van der Waals surface area contributed by atoms with Gasteiger partial charge in [-0.15, -0.1) is 21.5 Å². The molecule has 0 bridgehead atoms. The number of ether oxygens (including phenoxy) is 2. The number of nitrogens with zero attached hydrogens (tertiary/aromatic N) is 3. The molecule has 0 aliphatic rings. The third kappa shape index (κ3) is 4.15. The van der Waals surface area contributed by atoms with Gasteiger partial charge in [-0.3, -0.25) is 0 Å². The van der Waals surface area contributed by atoms with E-state index < -0.39 is 0 Å². The van der Waals surface area contributed by atoms with Crippen LogP contribution in [-0.2, 0) is 10.5 Å². The van der Waals surface area contributed by atoms with Gasteiger partial charge in [0.05, 0.1) is 29.5 Å². The van der Waals surface area contributed by atoms with Crippen molar-refractivity contribution in [3.63, 3.8) is 0 Å². The molecule has 2 heterocycles. The summed E-state index contributed by atoms with van der Waals surface area (Å²) in [5.41, 5.74) is 4.23. The third-order valence-corrected chi connectivity index (χ3v) is 6.49. The van der Waals surface area contributed by atoms with Gasteiger partial charge in [0.15, 0.2) is 0 Å². The molecule has 0 radical (unpaired) electrons. The van der Waals surface area contributed by atoms with E-state index >= 15 is 0 Å². The van der Waals surface area contributed by atoms with Crippen molar-refractivity contribution in [2.24, 2.45) is 0 Å². The zero-order valence-corrected chi connectivity index (χ0v) is 18.3. The maximum Gasteiger partial charge on any atom is 0.337 e. The summed E-state index contributed by atoms with van der Waals surface area (Å²) >= 11 is 3.19. The summed E-state index contributed by atoms with van der Waals surface area (Å²) in [6, 6.07) is 15.2. The van der Waals surface area contributed by atoms with Crippen LogP contribution in [-0.4, -0.2) is 35.4 Å². The van der Waals surface area contributed by atoms with E-state index in [1.807, 2.05) is 43.3 Å². The summed E-state index contributed by atoms with van der Waals surface area (Å²) in [5, 5.41) is 10.7. The number of carbonyl (C=O) groups is 1. The largest absolute Gasteiger partial charge is 0.497 e. The molecule has 0 N–H and O–H groups in total. The van der Waals surface area contributed by atoms with E-state index in [0.29, 0.717) is 11.3 Å². The lowest BCUT2D eigenvalue weighted by atomic mass is 10.1. The fourth-order valence-corrected chi connectivity index (χ4v) is 4.85. The van der Waals surface area contributed by atoms with Gasteiger partial charge < -0.3 is 9.47 Å². The van der Waals surface area contributed by atoms with Crippen LogP contribution in [0.1, 0.15) is 20.9 Å². The van der Waals surface area contributed by atoms with Crippen molar-refractivity contribution in [2.45, 2.75) is 17.7 Å². The SMILES string of the molecule is COC(=O)c1ccc(CSc2nnc(-c3cccc(OC)c3)c3sc(C)nc23)cc1. The predicted octanol–water partition coefficient (Wildman–Crippen LogP) is 5.15. The molecule has 152 valence electrons. The molecular formula is C22H19N3O3S2. The van der Waals surface area contributed by atoms with Crippen molar-refractivity contribution in [1.82, 2.24) is 15.2 Å². The zero-order valence-electron chi connectivity index (χ0n) is 16.7. The van der Waals surface area contributed by atoms with Gasteiger partial charge in [-0.2, -0.15) is 0 Å². The molecule has 0 unspecified atom stereocenters. The Hall–Kier alpha value is -2.97. The summed E-state index contributed by atoms with van der Waals surface area (Å²) in [5.74, 6) is 1.13. The van der Waals surface area contributed by atoms with Crippen LogP contribution in [0.3, 0.4) is 0 Å². The number of hydrogen-bond acceptors (Lipinski definition) is 8. The average Bonchev–Trinajstić information content (AvgIpc) is 3.18. The number of fused-ring (bicyclic) bond motifs is 1. The van der Waals surface area contributed by atoms with Crippen LogP contribution in [0.25, 0.3) is 21.5 Å². The Labute approximate surface area is 182 Å². The first-order valence-electron chi connectivity index (χ1n) is 9.17. The molecule has 8 heteroatoms. The summed E-state index contributed by atoms with van der Waals surface area (Å²) in [6.07, 6.45) is 0. The lowest BCUT2D eigenvalue weighted by molar-refractivity contribution is 0.0600. The average molecular weight is 438 g/mol. The fourth-order valence-electron chi connectivity index (χ4n) is 2.98. The van der Waals surface area contributed by atoms with E-state index in [2.05, 4.69) is 10.2 Å². The number of esters is 1. The van der Waals surface area contributed by atoms with Crippen molar-refractivity contribution in [2.75, 3.05) is 14.2 Å². The van der Waals surface area contributed by atoms with Crippen LogP contribution in [0, 0.1) is 6.92 Å². The van der Waals surface area contributed by atoms with E-state index in [1.54, 1.807) is 42.3 Å². The highest BCUT2D eigenvalue weighted by molar-refractivity contribution is 7.98. The Morgan fingerprint density at radius 1 is 1.10 bits per heavy atom. The lowest BCUT2D eigenvalue weighted by Crippen LogP contribution is -2.00. The standard InChI is InChI=1S/C22H19N3O3S2/c1-13-23-19-20(30-13)18(16-5-4-6-17(11-16)27-2)24-25-21(19)29-12-14-7-9-15(10-8-14)22(26)28-3/h4-11H,12H2,1-3H3. The van der Waals surface area contributed by atoms with E-state index in [9.17, 15) is 4.79 Å². The van der Waals surface area contributed by atoms with Gasteiger partial charge in [0.25, 0.3) is 0 Å². The number of rotatable bonds is 6. The Morgan fingerprint density at radius 3 is 2.63 bits per heavy atom. The van der Waals surface area contributed by atoms with Crippen LogP contribution in [0.5, 0.6) is 5.75 Å². The molecule has 4 rings (SSSR count). The van der Waals surface area contributed by atoms with Crippen LogP contribution < -0.4 is 4.74 Å². The molecule has 0 saturated carbocycles. The van der Waals surface area contributed by atoms with E-state index in [-0.39, 0.29) is 5.97 Å². The van der Waals surface area contributed by atoms with Gasteiger partial charge in [-0.25, -0.2) is 9.78 Å². The Kier molecular flexibility index (Phi) is 5.96. The minimum atomic E-state index is -0.340. The predicted molar refractivity (Wildman–Crippen MR) is 119 cm³/mol. The number of methoxy groups -OCH3 is 2. The van der Waals surface area contributed by atoms with E-state index in [1.165, 1.54) is 7.11 Å². The fraction of sp³-hybridized carbons (Fsp3) is 0.182. The minimum absolute atomic E-state index is 0.340.